The monoisotopic (exact) mass is 253 g/mol. The standard InChI is InChI=1S/C15H27NS/c16-13-9-7-5-3-1-2-4-6-8-11-15-12-10-14-17-15/h10,12,14H,1-9,11,13,16H2. The second-order valence-corrected chi connectivity index (χ2v) is 5.83. The summed E-state index contributed by atoms with van der Waals surface area (Å²) in [6.07, 6.45) is 13.6. The second kappa shape index (κ2) is 10.8. The molecule has 1 aromatic heterocycles. The number of thiophene rings is 1. The first-order valence-electron chi connectivity index (χ1n) is 7.16. The maximum atomic E-state index is 5.47. The molecular weight excluding hydrogens is 226 g/mol. The first-order valence-corrected chi connectivity index (χ1v) is 8.04. The van der Waals surface area contributed by atoms with Gasteiger partial charge in [-0.3, -0.25) is 0 Å². The van der Waals surface area contributed by atoms with Gasteiger partial charge in [0, 0.05) is 4.88 Å². The fourth-order valence-corrected chi connectivity index (χ4v) is 2.89. The molecule has 0 aliphatic carbocycles. The Hall–Kier alpha value is -0.340. The van der Waals surface area contributed by atoms with Crippen LogP contribution >= 0.6 is 11.3 Å². The van der Waals surface area contributed by atoms with Gasteiger partial charge < -0.3 is 5.73 Å². The Labute approximate surface area is 110 Å². The van der Waals surface area contributed by atoms with E-state index in [2.05, 4.69) is 17.5 Å². The molecule has 1 nitrogen and oxygen atoms in total. The highest BCUT2D eigenvalue weighted by Gasteiger charge is 1.95. The lowest BCUT2D eigenvalue weighted by Gasteiger charge is -2.01. The summed E-state index contributed by atoms with van der Waals surface area (Å²) in [7, 11) is 0. The van der Waals surface area contributed by atoms with Crippen molar-refractivity contribution in [1.82, 2.24) is 0 Å². The van der Waals surface area contributed by atoms with E-state index in [-0.39, 0.29) is 0 Å². The fourth-order valence-electron chi connectivity index (χ4n) is 2.14. The van der Waals surface area contributed by atoms with E-state index in [0.717, 1.165) is 6.54 Å². The molecule has 1 aromatic rings. The summed E-state index contributed by atoms with van der Waals surface area (Å²) in [6, 6.07) is 4.41. The van der Waals surface area contributed by atoms with Gasteiger partial charge in [0.2, 0.25) is 0 Å². The first-order chi connectivity index (χ1) is 8.43. The minimum Gasteiger partial charge on any atom is -0.330 e. The van der Waals surface area contributed by atoms with Gasteiger partial charge in [0.1, 0.15) is 0 Å². The molecule has 0 amide bonds. The molecule has 0 fully saturated rings. The summed E-state index contributed by atoms with van der Waals surface area (Å²) in [4.78, 5) is 1.55. The van der Waals surface area contributed by atoms with Crippen LogP contribution in [0.1, 0.15) is 62.7 Å². The Bertz CT molecular complexity index is 243. The summed E-state index contributed by atoms with van der Waals surface area (Å²) < 4.78 is 0. The van der Waals surface area contributed by atoms with Crippen molar-refractivity contribution in [3.63, 3.8) is 0 Å². The molecule has 2 heteroatoms. The molecule has 0 spiro atoms. The third-order valence-electron chi connectivity index (χ3n) is 3.21. The van der Waals surface area contributed by atoms with Crippen LogP contribution in [0.15, 0.2) is 17.5 Å². The molecule has 0 unspecified atom stereocenters. The lowest BCUT2D eigenvalue weighted by molar-refractivity contribution is 0.561. The van der Waals surface area contributed by atoms with Crippen LogP contribution in [0.5, 0.6) is 0 Å². The van der Waals surface area contributed by atoms with Gasteiger partial charge in [0.15, 0.2) is 0 Å². The molecular formula is C15H27NS. The lowest BCUT2D eigenvalue weighted by Crippen LogP contribution is -1.97. The minimum absolute atomic E-state index is 0.864. The van der Waals surface area contributed by atoms with E-state index >= 15 is 0 Å². The molecule has 98 valence electrons. The maximum Gasteiger partial charge on any atom is 0.00452 e. The van der Waals surface area contributed by atoms with Gasteiger partial charge in [-0.05, 0) is 37.3 Å². The molecule has 0 bridgehead atoms. The van der Waals surface area contributed by atoms with Crippen LogP contribution in [-0.4, -0.2) is 6.54 Å². The fraction of sp³-hybridized carbons (Fsp3) is 0.733. The van der Waals surface area contributed by atoms with Crippen LogP contribution in [0.3, 0.4) is 0 Å². The van der Waals surface area contributed by atoms with Crippen LogP contribution in [0, 0.1) is 0 Å². The number of rotatable bonds is 11. The highest BCUT2D eigenvalue weighted by Crippen LogP contribution is 2.14. The molecule has 0 saturated carbocycles. The summed E-state index contributed by atoms with van der Waals surface area (Å²) in [5.74, 6) is 0. The van der Waals surface area contributed by atoms with Crippen molar-refractivity contribution >= 4 is 11.3 Å². The maximum absolute atomic E-state index is 5.47. The second-order valence-electron chi connectivity index (χ2n) is 4.80. The molecule has 0 atom stereocenters. The van der Waals surface area contributed by atoms with Crippen molar-refractivity contribution in [2.75, 3.05) is 6.54 Å². The van der Waals surface area contributed by atoms with Crippen LogP contribution < -0.4 is 5.73 Å². The summed E-state index contributed by atoms with van der Waals surface area (Å²) in [6.45, 7) is 0.864. The number of aryl methyl sites for hydroxylation is 1. The molecule has 2 N–H and O–H groups in total. The molecule has 0 aliphatic heterocycles. The SMILES string of the molecule is NCCCCCCCCCCCc1cccs1. The zero-order chi connectivity index (χ0) is 12.2. The predicted molar refractivity (Wildman–Crippen MR) is 78.6 cm³/mol. The molecule has 0 radical (unpaired) electrons. The van der Waals surface area contributed by atoms with Crippen LogP contribution in [-0.2, 0) is 6.42 Å². The van der Waals surface area contributed by atoms with Crippen molar-refractivity contribution in [2.45, 2.75) is 64.2 Å². The number of nitrogens with two attached hydrogens (primary N) is 1. The van der Waals surface area contributed by atoms with E-state index in [0.29, 0.717) is 0 Å². The number of hydrogen-bond acceptors (Lipinski definition) is 2. The highest BCUT2D eigenvalue weighted by atomic mass is 32.1. The zero-order valence-corrected chi connectivity index (χ0v) is 11.8. The Kier molecular flexibility index (Phi) is 9.34. The van der Waals surface area contributed by atoms with Crippen LogP contribution in [0.25, 0.3) is 0 Å². The lowest BCUT2D eigenvalue weighted by atomic mass is 10.1. The van der Waals surface area contributed by atoms with Crippen molar-refractivity contribution in [1.29, 1.82) is 0 Å². The van der Waals surface area contributed by atoms with E-state index in [1.165, 1.54) is 64.2 Å². The van der Waals surface area contributed by atoms with Gasteiger partial charge in [0.25, 0.3) is 0 Å². The topological polar surface area (TPSA) is 26.0 Å². The van der Waals surface area contributed by atoms with E-state index in [9.17, 15) is 0 Å². The summed E-state index contributed by atoms with van der Waals surface area (Å²) >= 11 is 1.89. The van der Waals surface area contributed by atoms with Crippen molar-refractivity contribution < 1.29 is 0 Å². The van der Waals surface area contributed by atoms with Crippen molar-refractivity contribution in [3.8, 4) is 0 Å². The average Bonchev–Trinajstić information content (AvgIpc) is 2.85. The third-order valence-corrected chi connectivity index (χ3v) is 4.14. The van der Waals surface area contributed by atoms with E-state index in [1.54, 1.807) is 4.88 Å². The number of hydrogen-bond donors (Lipinski definition) is 1. The average molecular weight is 253 g/mol. The minimum atomic E-state index is 0.864. The van der Waals surface area contributed by atoms with Gasteiger partial charge in [-0.15, -0.1) is 11.3 Å². The van der Waals surface area contributed by atoms with Crippen molar-refractivity contribution in [2.24, 2.45) is 5.73 Å². The Morgan fingerprint density at radius 3 is 1.94 bits per heavy atom. The third kappa shape index (κ3) is 8.39. The van der Waals surface area contributed by atoms with Crippen LogP contribution in [0.4, 0.5) is 0 Å². The van der Waals surface area contributed by atoms with E-state index < -0.39 is 0 Å². The summed E-state index contributed by atoms with van der Waals surface area (Å²) in [5, 5.41) is 2.18. The van der Waals surface area contributed by atoms with Gasteiger partial charge in [-0.1, -0.05) is 51.0 Å². The van der Waals surface area contributed by atoms with Gasteiger partial charge in [-0.25, -0.2) is 0 Å². The van der Waals surface area contributed by atoms with Crippen molar-refractivity contribution in [3.05, 3.63) is 22.4 Å². The van der Waals surface area contributed by atoms with Gasteiger partial charge >= 0.3 is 0 Å². The number of unbranched alkanes of at least 4 members (excludes halogenated alkanes) is 8. The quantitative estimate of drug-likeness (QED) is 0.565. The van der Waals surface area contributed by atoms with E-state index in [1.807, 2.05) is 11.3 Å². The largest absolute Gasteiger partial charge is 0.330 e. The Balaban J connectivity index is 1.76. The summed E-state index contributed by atoms with van der Waals surface area (Å²) in [5.41, 5.74) is 5.47. The van der Waals surface area contributed by atoms with Crippen LogP contribution in [0.2, 0.25) is 0 Å². The predicted octanol–water partition coefficient (Wildman–Crippen LogP) is 4.76. The van der Waals surface area contributed by atoms with Gasteiger partial charge in [-0.2, -0.15) is 0 Å². The normalized spacial score (nSPS) is 10.9. The van der Waals surface area contributed by atoms with E-state index in [4.69, 9.17) is 5.73 Å². The molecule has 17 heavy (non-hydrogen) atoms. The smallest absolute Gasteiger partial charge is 0.00452 e. The highest BCUT2D eigenvalue weighted by molar-refractivity contribution is 7.09. The van der Waals surface area contributed by atoms with Gasteiger partial charge in [0.05, 0.1) is 0 Å². The first kappa shape index (κ1) is 14.7. The molecule has 1 rings (SSSR count). The zero-order valence-electron chi connectivity index (χ0n) is 11.0. The Morgan fingerprint density at radius 2 is 1.41 bits per heavy atom. The molecule has 0 aromatic carbocycles. The Morgan fingerprint density at radius 1 is 0.824 bits per heavy atom. The molecule has 0 saturated heterocycles. The molecule has 1 heterocycles. The molecule has 0 aliphatic rings.